The van der Waals surface area contributed by atoms with Gasteiger partial charge >= 0.3 is 0 Å². The summed E-state index contributed by atoms with van der Waals surface area (Å²) in [5.74, 6) is 0.434. The third kappa shape index (κ3) is 2.18. The van der Waals surface area contributed by atoms with E-state index in [2.05, 4.69) is 4.98 Å². The van der Waals surface area contributed by atoms with Crippen molar-refractivity contribution in [1.29, 1.82) is 0 Å². The molecule has 1 N–H and O–H groups in total. The zero-order valence-corrected chi connectivity index (χ0v) is 10.6. The molecule has 1 aromatic carbocycles. The van der Waals surface area contributed by atoms with Gasteiger partial charge in [0.1, 0.15) is 10.4 Å². The molecule has 2 rings (SSSR count). The fourth-order valence-electron chi connectivity index (χ4n) is 1.45. The molecule has 0 saturated carbocycles. The summed E-state index contributed by atoms with van der Waals surface area (Å²) in [6.45, 7) is 5.72. The maximum absolute atomic E-state index is 11.2. The maximum atomic E-state index is 11.2. The summed E-state index contributed by atoms with van der Waals surface area (Å²) in [7, 11) is -4.30. The molecule has 92 valence electrons. The monoisotopic (exact) mass is 255 g/mol. The third-order valence-corrected chi connectivity index (χ3v) is 3.18. The van der Waals surface area contributed by atoms with E-state index in [0.717, 1.165) is 0 Å². The molecule has 0 aliphatic carbocycles. The number of oxazole rings is 1. The second-order valence-corrected chi connectivity index (χ2v) is 6.24. The number of fused-ring (bicyclic) bond motifs is 1. The maximum Gasteiger partial charge on any atom is 0.298 e. The van der Waals surface area contributed by atoms with E-state index >= 15 is 0 Å². The lowest BCUT2D eigenvalue weighted by atomic mass is 9.97. The van der Waals surface area contributed by atoms with Gasteiger partial charge in [-0.2, -0.15) is 8.42 Å². The molecular formula is C11H13NO4S. The van der Waals surface area contributed by atoms with E-state index in [1.54, 1.807) is 6.07 Å². The number of aromatic nitrogens is 1. The molecule has 0 atom stereocenters. The van der Waals surface area contributed by atoms with Gasteiger partial charge in [-0.25, -0.2) is 4.98 Å². The van der Waals surface area contributed by atoms with Gasteiger partial charge in [0, 0.05) is 5.41 Å². The van der Waals surface area contributed by atoms with Crippen molar-refractivity contribution in [2.45, 2.75) is 31.1 Å². The van der Waals surface area contributed by atoms with E-state index < -0.39 is 10.1 Å². The summed E-state index contributed by atoms with van der Waals surface area (Å²) >= 11 is 0. The van der Waals surface area contributed by atoms with Crippen molar-refractivity contribution in [3.8, 4) is 0 Å². The summed E-state index contributed by atoms with van der Waals surface area (Å²) in [4.78, 5) is 3.96. The minimum absolute atomic E-state index is 0.0972. The molecule has 17 heavy (non-hydrogen) atoms. The van der Waals surface area contributed by atoms with E-state index in [9.17, 15) is 8.42 Å². The highest BCUT2D eigenvalue weighted by molar-refractivity contribution is 7.86. The summed E-state index contributed by atoms with van der Waals surface area (Å²) < 4.78 is 36.9. The van der Waals surface area contributed by atoms with E-state index in [4.69, 9.17) is 8.97 Å². The number of para-hydroxylation sites is 1. The first-order valence-corrected chi connectivity index (χ1v) is 6.51. The normalized spacial score (nSPS) is 13.2. The van der Waals surface area contributed by atoms with Crippen LogP contribution >= 0.6 is 0 Å². The molecule has 0 aliphatic rings. The lowest BCUT2D eigenvalue weighted by Crippen LogP contribution is -2.10. The molecule has 0 amide bonds. The van der Waals surface area contributed by atoms with Crippen molar-refractivity contribution in [3.05, 3.63) is 24.1 Å². The molecule has 1 aromatic heterocycles. The van der Waals surface area contributed by atoms with Gasteiger partial charge in [0.2, 0.25) is 5.89 Å². The standard InChI is InChI=1S/C11H13NO4S/c1-11(2,3)10-12-7-5-4-6-8(9(7)16-10)17(13,14)15/h4-6H,1-3H3,(H,13,14,15). The van der Waals surface area contributed by atoms with Gasteiger partial charge in [-0.3, -0.25) is 4.55 Å². The Balaban J connectivity index is 2.79. The van der Waals surface area contributed by atoms with E-state index in [1.807, 2.05) is 20.8 Å². The van der Waals surface area contributed by atoms with Crippen molar-refractivity contribution in [2.24, 2.45) is 0 Å². The van der Waals surface area contributed by atoms with Crippen molar-refractivity contribution >= 4 is 21.2 Å². The molecule has 2 aromatic rings. The van der Waals surface area contributed by atoms with Crippen molar-refractivity contribution in [2.75, 3.05) is 0 Å². The Hall–Kier alpha value is -1.40. The Morgan fingerprint density at radius 1 is 1.29 bits per heavy atom. The predicted molar refractivity (Wildman–Crippen MR) is 62.5 cm³/mol. The highest BCUT2D eigenvalue weighted by atomic mass is 32.2. The summed E-state index contributed by atoms with van der Waals surface area (Å²) in [5, 5.41) is 0. The van der Waals surface area contributed by atoms with Crippen LogP contribution in [0.5, 0.6) is 0 Å². The Morgan fingerprint density at radius 3 is 2.47 bits per heavy atom. The van der Waals surface area contributed by atoms with Crippen LogP contribution in [0.15, 0.2) is 27.5 Å². The van der Waals surface area contributed by atoms with Gasteiger partial charge in [0.05, 0.1) is 0 Å². The third-order valence-electron chi connectivity index (χ3n) is 2.30. The lowest BCUT2D eigenvalue weighted by molar-refractivity contribution is 0.407. The van der Waals surface area contributed by atoms with Gasteiger partial charge in [0.15, 0.2) is 5.58 Å². The van der Waals surface area contributed by atoms with Gasteiger partial charge < -0.3 is 4.42 Å². The topological polar surface area (TPSA) is 80.4 Å². The van der Waals surface area contributed by atoms with E-state index in [0.29, 0.717) is 11.4 Å². The minimum atomic E-state index is -4.30. The van der Waals surface area contributed by atoms with Gasteiger partial charge in [-0.15, -0.1) is 0 Å². The van der Waals surface area contributed by atoms with Gasteiger partial charge in [0.25, 0.3) is 10.1 Å². The minimum Gasteiger partial charge on any atom is -0.439 e. The fraction of sp³-hybridized carbons (Fsp3) is 0.364. The number of hydrogen-bond donors (Lipinski definition) is 1. The molecule has 0 unspecified atom stereocenters. The van der Waals surface area contributed by atoms with Crippen LogP contribution in [0.4, 0.5) is 0 Å². The highest BCUT2D eigenvalue weighted by Crippen LogP contribution is 2.29. The smallest absolute Gasteiger partial charge is 0.298 e. The summed E-state index contributed by atoms with van der Waals surface area (Å²) in [5.41, 5.74) is 0.195. The molecule has 0 bridgehead atoms. The highest BCUT2D eigenvalue weighted by Gasteiger charge is 2.24. The van der Waals surface area contributed by atoms with Crippen molar-refractivity contribution in [3.63, 3.8) is 0 Å². The van der Waals surface area contributed by atoms with E-state index in [1.165, 1.54) is 12.1 Å². The molecule has 0 aliphatic heterocycles. The summed E-state index contributed by atoms with van der Waals surface area (Å²) in [6, 6.07) is 4.44. The molecule has 1 heterocycles. The SMILES string of the molecule is CC(C)(C)c1nc2cccc(S(=O)(=O)O)c2o1. The Kier molecular flexibility index (Phi) is 2.52. The van der Waals surface area contributed by atoms with Crippen LogP contribution in [-0.2, 0) is 15.5 Å². The first-order valence-electron chi connectivity index (χ1n) is 5.07. The molecule has 0 radical (unpaired) electrons. The average Bonchev–Trinajstić information content (AvgIpc) is 2.57. The molecule has 6 heteroatoms. The van der Waals surface area contributed by atoms with Crippen LogP contribution < -0.4 is 0 Å². The lowest BCUT2D eigenvalue weighted by Gasteiger charge is -2.11. The predicted octanol–water partition coefficient (Wildman–Crippen LogP) is 2.37. The van der Waals surface area contributed by atoms with Crippen molar-refractivity contribution < 1.29 is 17.4 Å². The van der Waals surface area contributed by atoms with Crippen LogP contribution in [0.2, 0.25) is 0 Å². The van der Waals surface area contributed by atoms with Crippen molar-refractivity contribution in [1.82, 2.24) is 4.98 Å². The van der Waals surface area contributed by atoms with Crippen LogP contribution in [0, 0.1) is 0 Å². The molecular weight excluding hydrogens is 242 g/mol. The number of nitrogens with zero attached hydrogens (tertiary/aromatic N) is 1. The van der Waals surface area contributed by atoms with Crippen LogP contribution in [0.25, 0.3) is 11.1 Å². The zero-order chi connectivity index (χ0) is 12.8. The molecule has 0 saturated heterocycles. The van der Waals surface area contributed by atoms with Gasteiger partial charge in [-0.1, -0.05) is 26.8 Å². The second kappa shape index (κ2) is 3.54. The summed E-state index contributed by atoms with van der Waals surface area (Å²) in [6.07, 6.45) is 0. The van der Waals surface area contributed by atoms with Gasteiger partial charge in [-0.05, 0) is 12.1 Å². The van der Waals surface area contributed by atoms with Crippen LogP contribution in [-0.4, -0.2) is 18.0 Å². The largest absolute Gasteiger partial charge is 0.439 e. The number of rotatable bonds is 1. The Morgan fingerprint density at radius 2 is 1.94 bits per heavy atom. The average molecular weight is 255 g/mol. The van der Waals surface area contributed by atoms with E-state index in [-0.39, 0.29) is 15.9 Å². The molecule has 5 nitrogen and oxygen atoms in total. The second-order valence-electron chi connectivity index (χ2n) is 4.85. The molecule has 0 fully saturated rings. The first-order chi connectivity index (χ1) is 7.69. The quantitative estimate of drug-likeness (QED) is 0.791. The Bertz CT molecular complexity index is 664. The Labute approximate surface area is 99.2 Å². The number of benzene rings is 1. The van der Waals surface area contributed by atoms with Crippen LogP contribution in [0.3, 0.4) is 0 Å². The van der Waals surface area contributed by atoms with Crippen LogP contribution in [0.1, 0.15) is 26.7 Å². The first kappa shape index (κ1) is 12.1. The zero-order valence-electron chi connectivity index (χ0n) is 9.76. The fourth-order valence-corrected chi connectivity index (χ4v) is 2.08. The molecule has 0 spiro atoms. The number of hydrogen-bond acceptors (Lipinski definition) is 4.